The number of carboxylic acid groups (broad SMARTS) is 2. The van der Waals surface area contributed by atoms with Gasteiger partial charge in [0, 0.05) is 6.42 Å². The van der Waals surface area contributed by atoms with Crippen LogP contribution in [0.4, 0.5) is 0 Å². The van der Waals surface area contributed by atoms with Crippen molar-refractivity contribution < 1.29 is 130 Å². The summed E-state index contributed by atoms with van der Waals surface area (Å²) in [5.74, 6) is -2.93. The van der Waals surface area contributed by atoms with Crippen LogP contribution >= 0.6 is 0 Å². The van der Waals surface area contributed by atoms with Gasteiger partial charge in [-0.3, -0.25) is 9.59 Å². The first kappa shape index (κ1) is 36.3. The van der Waals surface area contributed by atoms with E-state index in [2.05, 4.69) is 12.2 Å². The van der Waals surface area contributed by atoms with Crippen LogP contribution in [0.3, 0.4) is 0 Å². The van der Waals surface area contributed by atoms with E-state index in [0.717, 1.165) is 12.8 Å². The van der Waals surface area contributed by atoms with E-state index in [-0.39, 0.29) is 118 Å². The minimum Gasteiger partial charge on any atom is -1.00 e. The van der Waals surface area contributed by atoms with Crippen molar-refractivity contribution >= 4 is 17.8 Å². The fourth-order valence-corrected chi connectivity index (χ4v) is 3.30. The molecule has 0 heterocycles. The molecule has 168 valence electrons. The standard InChI is InChI=1S/C22H41NO5.2K.2H/c1-2-3-4-5-6-7-8-9-10-11-12-13-14-15-16-17-20(24)23-19(22(27)28)18-21(25)26;;;;/h19H,2-18H2,1H3,(H,23,24)(H,25,26)(H,27,28);;;;/q;2*+1;2*-1/t19-;;;;/m0..../s1. The van der Waals surface area contributed by atoms with E-state index in [1.807, 2.05) is 0 Å². The third-order valence-electron chi connectivity index (χ3n) is 5.02. The molecule has 6 nitrogen and oxygen atoms in total. The molecule has 0 aliphatic rings. The number of carboxylic acids is 2. The van der Waals surface area contributed by atoms with E-state index >= 15 is 0 Å². The summed E-state index contributed by atoms with van der Waals surface area (Å²) >= 11 is 0. The van der Waals surface area contributed by atoms with Crippen molar-refractivity contribution in [2.45, 2.75) is 122 Å². The summed E-state index contributed by atoms with van der Waals surface area (Å²) < 4.78 is 0. The van der Waals surface area contributed by atoms with Crippen LogP contribution in [0.5, 0.6) is 0 Å². The molecule has 1 atom stereocenters. The van der Waals surface area contributed by atoms with Gasteiger partial charge in [0.25, 0.3) is 0 Å². The van der Waals surface area contributed by atoms with Gasteiger partial charge in [-0.2, -0.15) is 0 Å². The van der Waals surface area contributed by atoms with Crippen molar-refractivity contribution in [3.05, 3.63) is 0 Å². The molecule has 8 heteroatoms. The number of unbranched alkanes of at least 4 members (excludes halogenated alkanes) is 14. The molecule has 0 aliphatic carbocycles. The molecule has 0 aromatic rings. The van der Waals surface area contributed by atoms with Crippen LogP contribution in [0, 0.1) is 0 Å². The van der Waals surface area contributed by atoms with Crippen molar-refractivity contribution in [1.82, 2.24) is 5.32 Å². The zero-order chi connectivity index (χ0) is 21.0. The molecule has 0 saturated carbocycles. The summed E-state index contributed by atoms with van der Waals surface area (Å²) in [6.07, 6.45) is 18.3. The summed E-state index contributed by atoms with van der Waals surface area (Å²) in [6.45, 7) is 2.25. The molecule has 0 aliphatic heterocycles. The largest absolute Gasteiger partial charge is 1.00 e. The zero-order valence-electron chi connectivity index (χ0n) is 21.7. The normalized spacial score (nSPS) is 11.1. The van der Waals surface area contributed by atoms with Gasteiger partial charge in [-0.05, 0) is 6.42 Å². The molecule has 0 aromatic heterocycles. The average Bonchev–Trinajstić information content (AvgIpc) is 2.64. The fraction of sp³-hybridized carbons (Fsp3) is 0.864. The third kappa shape index (κ3) is 25.9. The smallest absolute Gasteiger partial charge is 1.00 e. The van der Waals surface area contributed by atoms with Gasteiger partial charge in [-0.25, -0.2) is 4.79 Å². The average molecular weight is 480 g/mol. The Kier molecular flexibility index (Phi) is 32.5. The Bertz CT molecular complexity index is 447. The van der Waals surface area contributed by atoms with E-state index in [4.69, 9.17) is 10.2 Å². The first-order valence-corrected chi connectivity index (χ1v) is 11.2. The maximum absolute atomic E-state index is 11.7. The van der Waals surface area contributed by atoms with Gasteiger partial charge in [0.2, 0.25) is 5.91 Å². The number of carbonyl (C=O) groups excluding carboxylic acids is 1. The molecule has 0 fully saturated rings. The van der Waals surface area contributed by atoms with E-state index in [0.29, 0.717) is 6.42 Å². The first-order chi connectivity index (χ1) is 13.5. The predicted molar refractivity (Wildman–Crippen MR) is 114 cm³/mol. The van der Waals surface area contributed by atoms with Crippen molar-refractivity contribution in [3.63, 3.8) is 0 Å². The van der Waals surface area contributed by atoms with Gasteiger partial charge in [0.1, 0.15) is 6.04 Å². The molecule has 3 N–H and O–H groups in total. The molecule has 0 saturated heterocycles. The van der Waals surface area contributed by atoms with Crippen LogP contribution in [0.2, 0.25) is 0 Å². The van der Waals surface area contributed by atoms with Gasteiger partial charge in [0.15, 0.2) is 0 Å². The second-order valence-corrected chi connectivity index (χ2v) is 7.76. The molecule has 1 amide bonds. The summed E-state index contributed by atoms with van der Waals surface area (Å²) in [6, 6.07) is -1.35. The fourth-order valence-electron chi connectivity index (χ4n) is 3.30. The molecule has 0 aromatic carbocycles. The summed E-state index contributed by atoms with van der Waals surface area (Å²) in [7, 11) is 0. The quantitative estimate of drug-likeness (QED) is 0.162. The van der Waals surface area contributed by atoms with Crippen LogP contribution in [-0.2, 0) is 14.4 Å². The topological polar surface area (TPSA) is 104 Å². The van der Waals surface area contributed by atoms with Crippen molar-refractivity contribution in [2.75, 3.05) is 0 Å². The molecule has 30 heavy (non-hydrogen) atoms. The Hall–Kier alpha value is 1.68. The van der Waals surface area contributed by atoms with Gasteiger partial charge >= 0.3 is 115 Å². The molecule has 0 bridgehead atoms. The van der Waals surface area contributed by atoms with E-state index in [1.165, 1.54) is 77.0 Å². The number of amides is 1. The third-order valence-corrected chi connectivity index (χ3v) is 5.02. The Labute approximate surface area is 271 Å². The van der Waals surface area contributed by atoms with E-state index in [1.54, 1.807) is 0 Å². The SMILES string of the molecule is CCCCCCCCCCCCCCCCCC(=O)N[C@@H](CC(=O)O)C(=O)O.[H-].[H-].[K+].[K+]. The maximum Gasteiger partial charge on any atom is 1.00 e. The molecule has 0 rings (SSSR count). The molecule has 0 unspecified atom stereocenters. The monoisotopic (exact) mass is 479 g/mol. The van der Waals surface area contributed by atoms with E-state index < -0.39 is 24.4 Å². The molecular formula is C22H43K2NO5. The summed E-state index contributed by atoms with van der Waals surface area (Å²) in [4.78, 5) is 33.2. The Morgan fingerprint density at radius 1 is 0.700 bits per heavy atom. The van der Waals surface area contributed by atoms with Crippen LogP contribution in [-0.4, -0.2) is 34.1 Å². The van der Waals surface area contributed by atoms with Crippen LogP contribution in [0.1, 0.15) is 119 Å². The van der Waals surface area contributed by atoms with Gasteiger partial charge in [0.05, 0.1) is 6.42 Å². The van der Waals surface area contributed by atoms with Crippen LogP contribution < -0.4 is 108 Å². The van der Waals surface area contributed by atoms with Crippen molar-refractivity contribution in [3.8, 4) is 0 Å². The van der Waals surface area contributed by atoms with Crippen LogP contribution in [0.25, 0.3) is 0 Å². The maximum atomic E-state index is 11.7. The molecular weight excluding hydrogens is 436 g/mol. The minimum atomic E-state index is -1.35. The number of aliphatic carboxylic acids is 2. The first-order valence-electron chi connectivity index (χ1n) is 11.2. The number of rotatable bonds is 20. The Morgan fingerprint density at radius 3 is 1.40 bits per heavy atom. The number of nitrogens with one attached hydrogen (secondary N) is 1. The minimum absolute atomic E-state index is 0. The number of hydrogen-bond donors (Lipinski definition) is 3. The summed E-state index contributed by atoms with van der Waals surface area (Å²) in [5.41, 5.74) is 0. The number of hydrogen-bond acceptors (Lipinski definition) is 3. The van der Waals surface area contributed by atoms with Crippen molar-refractivity contribution in [1.29, 1.82) is 0 Å². The van der Waals surface area contributed by atoms with Gasteiger partial charge in [-0.15, -0.1) is 0 Å². The van der Waals surface area contributed by atoms with Gasteiger partial charge in [-0.1, -0.05) is 96.8 Å². The Morgan fingerprint density at radius 2 is 1.07 bits per heavy atom. The second-order valence-electron chi connectivity index (χ2n) is 7.76. The van der Waals surface area contributed by atoms with Crippen molar-refractivity contribution in [2.24, 2.45) is 0 Å². The van der Waals surface area contributed by atoms with Crippen LogP contribution in [0.15, 0.2) is 0 Å². The second kappa shape index (κ2) is 26.9. The van der Waals surface area contributed by atoms with E-state index in [9.17, 15) is 14.4 Å². The molecule has 0 radical (unpaired) electrons. The zero-order valence-corrected chi connectivity index (χ0v) is 26.0. The Balaban J connectivity index is -0.000000607. The molecule has 0 spiro atoms. The summed E-state index contributed by atoms with van der Waals surface area (Å²) in [5, 5.41) is 19.8. The van der Waals surface area contributed by atoms with Gasteiger partial charge < -0.3 is 18.4 Å². The predicted octanol–water partition coefficient (Wildman–Crippen LogP) is -0.475. The number of carbonyl (C=O) groups is 3.